The highest BCUT2D eigenvalue weighted by molar-refractivity contribution is 5.88. The second-order valence-electron chi connectivity index (χ2n) is 5.34. The molecule has 0 unspecified atom stereocenters. The van der Waals surface area contributed by atoms with Gasteiger partial charge in [0.05, 0.1) is 10.5 Å². The first-order valence-electron chi connectivity index (χ1n) is 7.22. The molecular weight excluding hydrogens is 274 g/mol. The number of aromatic carboxylic acids is 1. The Morgan fingerprint density at radius 1 is 1.29 bits per heavy atom. The summed E-state index contributed by atoms with van der Waals surface area (Å²) in [4.78, 5) is 25.3. The van der Waals surface area contributed by atoms with Crippen LogP contribution in [-0.4, -0.2) is 27.0 Å². The van der Waals surface area contributed by atoms with Gasteiger partial charge in [-0.25, -0.2) is 9.78 Å². The lowest BCUT2D eigenvalue weighted by atomic mass is 9.97. The fraction of sp³-hybridized carbons (Fsp3) is 0.571. The quantitative estimate of drug-likeness (QED) is 0.652. The molecule has 1 heterocycles. The Hall–Kier alpha value is -2.18. The molecule has 0 radical (unpaired) electrons. The fourth-order valence-corrected chi connectivity index (χ4v) is 2.61. The zero-order valence-electron chi connectivity index (χ0n) is 11.7. The van der Waals surface area contributed by atoms with E-state index in [1.54, 1.807) is 0 Å². The molecule has 0 bridgehead atoms. The monoisotopic (exact) mass is 293 g/mol. The van der Waals surface area contributed by atoms with Gasteiger partial charge in [-0.2, -0.15) is 0 Å². The standard InChI is InChI=1S/C14H19N3O4/c18-14(19)10-8-12(17(20)21)13(15-9-10)16-11-6-4-2-1-3-5-7-11/h8-9,11H,1-7H2,(H,15,16)(H,18,19). The average molecular weight is 293 g/mol. The maximum Gasteiger partial charge on any atom is 0.337 e. The number of nitrogens with zero attached hydrogens (tertiary/aromatic N) is 2. The summed E-state index contributed by atoms with van der Waals surface area (Å²) in [5, 5.41) is 23.1. The molecule has 0 spiro atoms. The molecule has 1 aromatic heterocycles. The number of hydrogen-bond acceptors (Lipinski definition) is 5. The summed E-state index contributed by atoms with van der Waals surface area (Å²) in [6, 6.07) is 1.22. The lowest BCUT2D eigenvalue weighted by Gasteiger charge is -2.21. The minimum absolute atomic E-state index is 0.159. The fourth-order valence-electron chi connectivity index (χ4n) is 2.61. The Kier molecular flexibility index (Phi) is 5.08. The summed E-state index contributed by atoms with van der Waals surface area (Å²) in [6.07, 6.45) is 8.88. The zero-order chi connectivity index (χ0) is 15.2. The molecule has 1 aromatic rings. The smallest absolute Gasteiger partial charge is 0.337 e. The van der Waals surface area contributed by atoms with Gasteiger partial charge in [-0.1, -0.05) is 32.1 Å². The van der Waals surface area contributed by atoms with E-state index in [0.717, 1.165) is 37.9 Å². The van der Waals surface area contributed by atoms with Gasteiger partial charge in [-0.3, -0.25) is 10.1 Å². The van der Waals surface area contributed by atoms with Crippen molar-refractivity contribution in [2.24, 2.45) is 0 Å². The SMILES string of the molecule is O=C(O)c1cnc(NC2CCCCCCC2)c([N+](=O)[O-])c1. The molecule has 1 saturated carbocycles. The maximum atomic E-state index is 11.1. The molecule has 0 aromatic carbocycles. The number of carboxylic acids is 1. The predicted molar refractivity (Wildman–Crippen MR) is 77.6 cm³/mol. The van der Waals surface area contributed by atoms with Crippen LogP contribution < -0.4 is 5.32 Å². The Balaban J connectivity index is 2.17. The summed E-state index contributed by atoms with van der Waals surface area (Å²) >= 11 is 0. The van der Waals surface area contributed by atoms with Gasteiger partial charge in [0.1, 0.15) is 0 Å². The molecule has 21 heavy (non-hydrogen) atoms. The molecule has 114 valence electrons. The number of carboxylic acid groups (broad SMARTS) is 1. The normalized spacial score (nSPS) is 16.8. The minimum atomic E-state index is -1.22. The van der Waals surface area contributed by atoms with Gasteiger partial charge in [0, 0.05) is 18.3 Å². The Morgan fingerprint density at radius 3 is 2.48 bits per heavy atom. The Morgan fingerprint density at radius 2 is 1.90 bits per heavy atom. The molecule has 7 nitrogen and oxygen atoms in total. The van der Waals surface area contributed by atoms with E-state index < -0.39 is 10.9 Å². The van der Waals surface area contributed by atoms with Crippen molar-refractivity contribution < 1.29 is 14.8 Å². The van der Waals surface area contributed by atoms with Crippen LogP contribution in [0.5, 0.6) is 0 Å². The first-order valence-corrected chi connectivity index (χ1v) is 7.22. The van der Waals surface area contributed by atoms with Crippen molar-refractivity contribution in [2.75, 3.05) is 5.32 Å². The van der Waals surface area contributed by atoms with Gasteiger partial charge < -0.3 is 10.4 Å². The van der Waals surface area contributed by atoms with Crippen molar-refractivity contribution in [3.63, 3.8) is 0 Å². The molecule has 0 amide bonds. The number of nitro groups is 1. The summed E-state index contributed by atoms with van der Waals surface area (Å²) in [7, 11) is 0. The molecule has 0 aliphatic heterocycles. The molecule has 1 fully saturated rings. The van der Waals surface area contributed by atoms with Gasteiger partial charge in [-0.05, 0) is 12.8 Å². The van der Waals surface area contributed by atoms with Gasteiger partial charge in [0.25, 0.3) is 0 Å². The summed E-state index contributed by atoms with van der Waals surface area (Å²) in [5.41, 5.74) is -0.457. The van der Waals surface area contributed by atoms with Gasteiger partial charge in [0.15, 0.2) is 0 Å². The highest BCUT2D eigenvalue weighted by Crippen LogP contribution is 2.26. The second kappa shape index (κ2) is 7.01. The highest BCUT2D eigenvalue weighted by atomic mass is 16.6. The van der Waals surface area contributed by atoms with E-state index in [9.17, 15) is 14.9 Å². The Labute approximate surface area is 122 Å². The average Bonchev–Trinajstić information content (AvgIpc) is 2.41. The molecule has 1 aliphatic carbocycles. The Bertz CT molecular complexity index is 525. The number of nitrogens with one attached hydrogen (secondary N) is 1. The maximum absolute atomic E-state index is 11.1. The van der Waals surface area contributed by atoms with E-state index in [1.165, 1.54) is 19.3 Å². The van der Waals surface area contributed by atoms with Crippen LogP contribution in [0.1, 0.15) is 55.3 Å². The third kappa shape index (κ3) is 4.14. The molecule has 2 rings (SSSR count). The molecule has 0 saturated heterocycles. The lowest BCUT2D eigenvalue weighted by Crippen LogP contribution is -2.22. The molecule has 7 heteroatoms. The summed E-state index contributed by atoms with van der Waals surface area (Å²) in [5.74, 6) is -1.06. The van der Waals surface area contributed by atoms with Crippen LogP contribution in [0.4, 0.5) is 11.5 Å². The van der Waals surface area contributed by atoms with E-state index in [4.69, 9.17) is 5.11 Å². The van der Waals surface area contributed by atoms with Crippen LogP contribution in [0.25, 0.3) is 0 Å². The number of rotatable bonds is 4. The third-order valence-corrected chi connectivity index (χ3v) is 3.76. The van der Waals surface area contributed by atoms with Crippen LogP contribution in [0.2, 0.25) is 0 Å². The molecule has 2 N–H and O–H groups in total. The second-order valence-corrected chi connectivity index (χ2v) is 5.34. The largest absolute Gasteiger partial charge is 0.478 e. The van der Waals surface area contributed by atoms with E-state index in [-0.39, 0.29) is 23.1 Å². The van der Waals surface area contributed by atoms with Crippen molar-refractivity contribution in [1.29, 1.82) is 0 Å². The number of aromatic nitrogens is 1. The summed E-state index contributed by atoms with van der Waals surface area (Å²) < 4.78 is 0. The van der Waals surface area contributed by atoms with Crippen LogP contribution >= 0.6 is 0 Å². The van der Waals surface area contributed by atoms with E-state index in [0.29, 0.717) is 0 Å². The first kappa shape index (κ1) is 15.2. The minimum Gasteiger partial charge on any atom is -0.478 e. The van der Waals surface area contributed by atoms with Crippen LogP contribution in [0.3, 0.4) is 0 Å². The number of anilines is 1. The molecular formula is C14H19N3O4. The van der Waals surface area contributed by atoms with Crippen molar-refractivity contribution in [3.05, 3.63) is 27.9 Å². The number of hydrogen-bond donors (Lipinski definition) is 2. The summed E-state index contributed by atoms with van der Waals surface area (Å²) in [6.45, 7) is 0. The zero-order valence-corrected chi connectivity index (χ0v) is 11.7. The van der Waals surface area contributed by atoms with Crippen molar-refractivity contribution in [3.8, 4) is 0 Å². The first-order chi connectivity index (χ1) is 10.1. The van der Waals surface area contributed by atoms with E-state index in [1.807, 2.05) is 0 Å². The molecule has 1 aliphatic rings. The van der Waals surface area contributed by atoms with Crippen LogP contribution in [0, 0.1) is 10.1 Å². The predicted octanol–water partition coefficient (Wildman–Crippen LogP) is 3.21. The third-order valence-electron chi connectivity index (χ3n) is 3.76. The molecule has 0 atom stereocenters. The van der Waals surface area contributed by atoms with Crippen LogP contribution in [-0.2, 0) is 0 Å². The van der Waals surface area contributed by atoms with Crippen molar-refractivity contribution in [1.82, 2.24) is 4.98 Å². The number of pyridine rings is 1. The van der Waals surface area contributed by atoms with E-state index in [2.05, 4.69) is 10.3 Å². The van der Waals surface area contributed by atoms with Crippen molar-refractivity contribution in [2.45, 2.75) is 51.0 Å². The lowest BCUT2D eigenvalue weighted by molar-refractivity contribution is -0.384. The van der Waals surface area contributed by atoms with Gasteiger partial charge in [0.2, 0.25) is 5.82 Å². The van der Waals surface area contributed by atoms with Crippen molar-refractivity contribution >= 4 is 17.5 Å². The van der Waals surface area contributed by atoms with Crippen LogP contribution in [0.15, 0.2) is 12.3 Å². The van der Waals surface area contributed by atoms with Gasteiger partial charge >= 0.3 is 11.7 Å². The van der Waals surface area contributed by atoms with E-state index >= 15 is 0 Å². The van der Waals surface area contributed by atoms with Gasteiger partial charge in [-0.15, -0.1) is 0 Å². The number of carbonyl (C=O) groups is 1. The topological polar surface area (TPSA) is 105 Å². The highest BCUT2D eigenvalue weighted by Gasteiger charge is 2.21.